The minimum Gasteiger partial charge on any atom is -0.477 e. The van der Waals surface area contributed by atoms with Crippen molar-refractivity contribution in [3.63, 3.8) is 0 Å². The Morgan fingerprint density at radius 3 is 2.71 bits per heavy atom. The van der Waals surface area contributed by atoms with Crippen molar-refractivity contribution < 1.29 is 14.1 Å². The summed E-state index contributed by atoms with van der Waals surface area (Å²) in [4.78, 5) is 14.7. The van der Waals surface area contributed by atoms with Gasteiger partial charge in [-0.05, 0) is 42.8 Å². The van der Waals surface area contributed by atoms with Gasteiger partial charge in [0.05, 0.1) is 11.1 Å². The first-order valence-corrected chi connectivity index (χ1v) is 7.49. The number of nitro groups is 1. The average molecular weight is 345 g/mol. The Balaban J connectivity index is 1.74. The summed E-state index contributed by atoms with van der Waals surface area (Å²) in [5.41, 5.74) is 1.54. The number of nitro benzene ring substituents is 1. The zero-order valence-corrected chi connectivity index (χ0v) is 13.5. The summed E-state index contributed by atoms with van der Waals surface area (Å²) in [6, 6.07) is 11.9. The van der Waals surface area contributed by atoms with Gasteiger partial charge < -0.3 is 9.15 Å². The van der Waals surface area contributed by atoms with Gasteiger partial charge in [-0.2, -0.15) is 0 Å². The zero-order valence-electron chi connectivity index (χ0n) is 12.7. The Hall–Kier alpha value is -2.86. The zero-order chi connectivity index (χ0) is 17.1. The molecule has 7 heteroatoms. The van der Waals surface area contributed by atoms with E-state index in [1.807, 2.05) is 12.1 Å². The first-order valence-electron chi connectivity index (χ1n) is 7.11. The number of benzene rings is 2. The summed E-state index contributed by atoms with van der Waals surface area (Å²) in [7, 11) is 0. The smallest absolute Gasteiger partial charge is 0.311 e. The molecule has 0 aliphatic heterocycles. The van der Waals surface area contributed by atoms with E-state index in [4.69, 9.17) is 20.8 Å². The molecule has 1 aromatic heterocycles. The average Bonchev–Trinajstić information content (AvgIpc) is 3.03. The van der Waals surface area contributed by atoms with Crippen LogP contribution in [0.25, 0.3) is 11.3 Å². The second-order valence-electron chi connectivity index (χ2n) is 5.14. The maximum Gasteiger partial charge on any atom is 0.311 e. The van der Waals surface area contributed by atoms with Crippen LogP contribution in [-0.4, -0.2) is 9.91 Å². The monoisotopic (exact) mass is 344 g/mol. The summed E-state index contributed by atoms with van der Waals surface area (Å²) >= 11 is 5.85. The lowest BCUT2D eigenvalue weighted by Gasteiger charge is -2.05. The van der Waals surface area contributed by atoms with Gasteiger partial charge in [0, 0.05) is 16.7 Å². The van der Waals surface area contributed by atoms with Gasteiger partial charge in [-0.15, -0.1) is 0 Å². The first-order chi connectivity index (χ1) is 11.5. The van der Waals surface area contributed by atoms with E-state index in [1.54, 1.807) is 37.4 Å². The number of aromatic nitrogens is 1. The number of rotatable bonds is 5. The molecular formula is C17H13ClN2O4. The predicted octanol–water partition coefficient (Wildman–Crippen LogP) is 4.79. The maximum absolute atomic E-state index is 11.1. The number of nitrogens with zero attached hydrogens (tertiary/aromatic N) is 2. The molecule has 0 radical (unpaired) electrons. The van der Waals surface area contributed by atoms with E-state index in [-0.39, 0.29) is 18.0 Å². The molecule has 1 heterocycles. The molecule has 0 unspecified atom stereocenters. The Kier molecular flexibility index (Phi) is 4.48. The third-order valence-corrected chi connectivity index (χ3v) is 3.60. The molecule has 0 saturated carbocycles. The standard InChI is InChI=1S/C17H13ClN2O4/c1-11-2-7-15(14(8-11)20(21)22)23-10-17-19-9-16(24-17)12-3-5-13(18)6-4-12/h2-9H,10H2,1H3. The van der Waals surface area contributed by atoms with Crippen molar-refractivity contribution in [1.82, 2.24) is 4.98 Å². The molecule has 122 valence electrons. The number of aryl methyl sites for hydroxylation is 1. The molecule has 0 N–H and O–H groups in total. The van der Waals surface area contributed by atoms with Crippen LogP contribution in [0.1, 0.15) is 11.5 Å². The van der Waals surface area contributed by atoms with Gasteiger partial charge in [-0.25, -0.2) is 4.98 Å². The lowest BCUT2D eigenvalue weighted by atomic mass is 10.2. The topological polar surface area (TPSA) is 78.4 Å². The van der Waals surface area contributed by atoms with Crippen LogP contribution < -0.4 is 4.74 Å². The number of halogens is 1. The van der Waals surface area contributed by atoms with Crippen molar-refractivity contribution in [1.29, 1.82) is 0 Å². The molecule has 0 atom stereocenters. The Morgan fingerprint density at radius 1 is 1.25 bits per heavy atom. The van der Waals surface area contributed by atoms with E-state index in [1.165, 1.54) is 6.07 Å². The normalized spacial score (nSPS) is 10.6. The van der Waals surface area contributed by atoms with E-state index < -0.39 is 4.92 Å². The summed E-state index contributed by atoms with van der Waals surface area (Å²) in [6.07, 6.45) is 1.57. The minimum atomic E-state index is -0.475. The molecule has 0 aliphatic carbocycles. The fourth-order valence-electron chi connectivity index (χ4n) is 2.16. The summed E-state index contributed by atoms with van der Waals surface area (Å²) in [5.74, 6) is 1.08. The molecule has 3 aromatic rings. The fourth-order valence-corrected chi connectivity index (χ4v) is 2.28. The lowest BCUT2D eigenvalue weighted by molar-refractivity contribution is -0.386. The van der Waals surface area contributed by atoms with Crippen molar-refractivity contribution in [3.05, 3.63) is 75.3 Å². The van der Waals surface area contributed by atoms with Crippen molar-refractivity contribution >= 4 is 17.3 Å². The quantitative estimate of drug-likeness (QED) is 0.491. The summed E-state index contributed by atoms with van der Waals surface area (Å²) < 4.78 is 11.1. The Labute approximate surface area is 142 Å². The van der Waals surface area contributed by atoms with E-state index in [0.717, 1.165) is 11.1 Å². The van der Waals surface area contributed by atoms with E-state index in [0.29, 0.717) is 16.7 Å². The van der Waals surface area contributed by atoms with Gasteiger partial charge >= 0.3 is 5.69 Å². The molecule has 0 spiro atoms. The SMILES string of the molecule is Cc1ccc(OCc2ncc(-c3ccc(Cl)cc3)o2)c([N+](=O)[O-])c1. The van der Waals surface area contributed by atoms with Gasteiger partial charge in [0.2, 0.25) is 5.89 Å². The summed E-state index contributed by atoms with van der Waals surface area (Å²) in [6.45, 7) is 1.78. The van der Waals surface area contributed by atoms with Gasteiger partial charge in [0.25, 0.3) is 0 Å². The van der Waals surface area contributed by atoms with Crippen LogP contribution in [0, 0.1) is 17.0 Å². The number of hydrogen-bond donors (Lipinski definition) is 0. The predicted molar refractivity (Wildman–Crippen MR) is 89.1 cm³/mol. The van der Waals surface area contributed by atoms with Crippen LogP contribution in [0.15, 0.2) is 53.1 Å². The van der Waals surface area contributed by atoms with Crippen LogP contribution in [0.3, 0.4) is 0 Å². The van der Waals surface area contributed by atoms with Crippen molar-refractivity contribution in [2.45, 2.75) is 13.5 Å². The third-order valence-electron chi connectivity index (χ3n) is 3.34. The highest BCUT2D eigenvalue weighted by atomic mass is 35.5. The summed E-state index contributed by atoms with van der Waals surface area (Å²) in [5, 5.41) is 11.7. The maximum atomic E-state index is 11.1. The van der Waals surface area contributed by atoms with Crippen molar-refractivity contribution in [2.24, 2.45) is 0 Å². The molecule has 6 nitrogen and oxygen atoms in total. The second kappa shape index (κ2) is 6.72. The minimum absolute atomic E-state index is 0.00249. The van der Waals surface area contributed by atoms with Gasteiger partial charge in [0.15, 0.2) is 18.1 Å². The number of hydrogen-bond acceptors (Lipinski definition) is 5. The van der Waals surface area contributed by atoms with Crippen LogP contribution >= 0.6 is 11.6 Å². The Bertz CT molecular complexity index is 875. The molecule has 0 aliphatic rings. The number of oxazole rings is 1. The third kappa shape index (κ3) is 3.55. The second-order valence-corrected chi connectivity index (χ2v) is 5.58. The van der Waals surface area contributed by atoms with Crippen LogP contribution in [0.4, 0.5) is 5.69 Å². The molecule has 0 saturated heterocycles. The van der Waals surface area contributed by atoms with Crippen molar-refractivity contribution in [3.8, 4) is 17.1 Å². The largest absolute Gasteiger partial charge is 0.477 e. The van der Waals surface area contributed by atoms with Crippen LogP contribution in [-0.2, 0) is 6.61 Å². The van der Waals surface area contributed by atoms with E-state index in [2.05, 4.69) is 4.98 Å². The fraction of sp³-hybridized carbons (Fsp3) is 0.118. The lowest BCUT2D eigenvalue weighted by Crippen LogP contribution is -1.99. The van der Waals surface area contributed by atoms with Gasteiger partial charge in [-0.1, -0.05) is 17.7 Å². The molecule has 0 fully saturated rings. The Morgan fingerprint density at radius 2 is 2.00 bits per heavy atom. The van der Waals surface area contributed by atoms with Gasteiger partial charge in [0.1, 0.15) is 0 Å². The first kappa shape index (κ1) is 16.0. The molecule has 0 bridgehead atoms. The molecule has 3 rings (SSSR count). The highest BCUT2D eigenvalue weighted by Gasteiger charge is 2.16. The van der Waals surface area contributed by atoms with Crippen LogP contribution in [0.5, 0.6) is 5.75 Å². The highest BCUT2D eigenvalue weighted by Crippen LogP contribution is 2.29. The molecule has 0 amide bonds. The van der Waals surface area contributed by atoms with Gasteiger partial charge in [-0.3, -0.25) is 10.1 Å². The molecule has 24 heavy (non-hydrogen) atoms. The van der Waals surface area contributed by atoms with E-state index in [9.17, 15) is 10.1 Å². The van der Waals surface area contributed by atoms with Crippen LogP contribution in [0.2, 0.25) is 5.02 Å². The number of ether oxygens (including phenoxy) is 1. The molecule has 2 aromatic carbocycles. The van der Waals surface area contributed by atoms with Crippen molar-refractivity contribution in [2.75, 3.05) is 0 Å². The highest BCUT2D eigenvalue weighted by molar-refractivity contribution is 6.30. The van der Waals surface area contributed by atoms with E-state index >= 15 is 0 Å². The molecular weight excluding hydrogens is 332 g/mol.